The van der Waals surface area contributed by atoms with Crippen LogP contribution in [-0.2, 0) is 10.0 Å². The van der Waals surface area contributed by atoms with Gasteiger partial charge in [0.05, 0.1) is 4.90 Å². The molecule has 1 saturated carbocycles. The molecule has 20 heavy (non-hydrogen) atoms. The summed E-state index contributed by atoms with van der Waals surface area (Å²) in [5, 5.41) is 3.44. The Bertz CT molecular complexity index is 552. The van der Waals surface area contributed by atoms with E-state index in [4.69, 9.17) is 5.73 Å². The highest BCUT2D eigenvalue weighted by Crippen LogP contribution is 2.40. The normalized spacial score (nSPS) is 18.6. The van der Waals surface area contributed by atoms with E-state index >= 15 is 0 Å². The maximum atomic E-state index is 11.9. The van der Waals surface area contributed by atoms with Crippen LogP contribution in [0.5, 0.6) is 0 Å². The van der Waals surface area contributed by atoms with Crippen LogP contribution in [-0.4, -0.2) is 27.0 Å². The van der Waals surface area contributed by atoms with Gasteiger partial charge in [-0.05, 0) is 49.9 Å². The van der Waals surface area contributed by atoms with Crippen LogP contribution in [0.4, 0.5) is 5.69 Å². The van der Waals surface area contributed by atoms with Crippen LogP contribution >= 0.6 is 0 Å². The highest BCUT2D eigenvalue weighted by Gasteiger charge is 2.40. The van der Waals surface area contributed by atoms with Gasteiger partial charge in [0.15, 0.2) is 0 Å². The Morgan fingerprint density at radius 3 is 2.35 bits per heavy atom. The number of nitrogens with one attached hydrogen (secondary N) is 2. The molecule has 0 saturated heterocycles. The monoisotopic (exact) mass is 297 g/mol. The highest BCUT2D eigenvalue weighted by atomic mass is 32.2. The molecular weight excluding hydrogens is 274 g/mol. The maximum absolute atomic E-state index is 11.9. The van der Waals surface area contributed by atoms with Crippen molar-refractivity contribution in [3.8, 4) is 0 Å². The van der Waals surface area contributed by atoms with Gasteiger partial charge in [0.25, 0.3) is 0 Å². The summed E-state index contributed by atoms with van der Waals surface area (Å²) >= 11 is 0. The lowest BCUT2D eigenvalue weighted by Gasteiger charge is -2.30. The second-order valence-corrected chi connectivity index (χ2v) is 7.31. The van der Waals surface area contributed by atoms with E-state index in [0.29, 0.717) is 19.0 Å². The largest absolute Gasteiger partial charge is 0.378 e. The van der Waals surface area contributed by atoms with E-state index in [0.717, 1.165) is 5.69 Å². The van der Waals surface area contributed by atoms with E-state index in [1.54, 1.807) is 31.2 Å². The SMILES string of the molecule is CCNS(=O)(=O)c1ccc(NC(C)(CN)C2CC2)cc1. The molecule has 1 aliphatic carbocycles. The van der Waals surface area contributed by atoms with Gasteiger partial charge in [-0.2, -0.15) is 0 Å². The third kappa shape index (κ3) is 3.31. The molecular formula is C14H23N3O2S. The number of nitrogens with two attached hydrogens (primary N) is 1. The van der Waals surface area contributed by atoms with Crippen molar-refractivity contribution in [3.63, 3.8) is 0 Å². The molecule has 4 N–H and O–H groups in total. The number of hydrogen-bond acceptors (Lipinski definition) is 4. The summed E-state index contributed by atoms with van der Waals surface area (Å²) in [5.74, 6) is 0.609. The Morgan fingerprint density at radius 2 is 1.90 bits per heavy atom. The van der Waals surface area contributed by atoms with Crippen molar-refractivity contribution in [1.82, 2.24) is 4.72 Å². The van der Waals surface area contributed by atoms with Crippen LogP contribution in [0.15, 0.2) is 29.2 Å². The van der Waals surface area contributed by atoms with E-state index in [1.165, 1.54) is 12.8 Å². The van der Waals surface area contributed by atoms with Crippen LogP contribution < -0.4 is 15.8 Å². The van der Waals surface area contributed by atoms with Crippen LogP contribution in [0.2, 0.25) is 0 Å². The Kier molecular flexibility index (Phi) is 4.36. The first kappa shape index (κ1) is 15.3. The number of rotatable bonds is 7. The van der Waals surface area contributed by atoms with Gasteiger partial charge < -0.3 is 11.1 Å². The quantitative estimate of drug-likeness (QED) is 0.712. The minimum absolute atomic E-state index is 0.109. The summed E-state index contributed by atoms with van der Waals surface area (Å²) in [6, 6.07) is 6.81. The second kappa shape index (κ2) is 5.71. The molecule has 6 heteroatoms. The van der Waals surface area contributed by atoms with E-state index < -0.39 is 10.0 Å². The molecule has 0 aromatic heterocycles. The Labute approximate surface area is 121 Å². The predicted octanol–water partition coefficient (Wildman–Crippen LogP) is 1.52. The lowest BCUT2D eigenvalue weighted by molar-refractivity contribution is 0.459. The Morgan fingerprint density at radius 1 is 1.30 bits per heavy atom. The zero-order chi connectivity index (χ0) is 14.8. The molecule has 0 bridgehead atoms. The first-order chi connectivity index (χ1) is 9.41. The smallest absolute Gasteiger partial charge is 0.240 e. The molecule has 0 spiro atoms. The number of anilines is 1. The Balaban J connectivity index is 2.12. The van der Waals surface area contributed by atoms with Crippen molar-refractivity contribution >= 4 is 15.7 Å². The summed E-state index contributed by atoms with van der Waals surface area (Å²) in [6.07, 6.45) is 2.40. The molecule has 1 unspecified atom stereocenters. The van der Waals surface area contributed by atoms with Crippen LogP contribution in [0.25, 0.3) is 0 Å². The standard InChI is InChI=1S/C14H23N3O2S/c1-3-16-20(18,19)13-8-6-12(7-9-13)17-14(2,10-15)11-4-5-11/h6-9,11,16-17H,3-5,10,15H2,1-2H3. The first-order valence-corrected chi connectivity index (χ1v) is 8.47. The molecule has 1 fully saturated rings. The molecule has 0 radical (unpaired) electrons. The van der Waals surface area contributed by atoms with Gasteiger partial charge in [0.2, 0.25) is 10.0 Å². The van der Waals surface area contributed by atoms with Gasteiger partial charge in [0, 0.05) is 24.3 Å². The molecule has 1 aromatic rings. The summed E-state index contributed by atoms with van der Waals surface area (Å²) in [6.45, 7) is 4.83. The minimum Gasteiger partial charge on any atom is -0.378 e. The fourth-order valence-corrected chi connectivity index (χ4v) is 3.40. The van der Waals surface area contributed by atoms with Crippen LogP contribution in [0.1, 0.15) is 26.7 Å². The van der Waals surface area contributed by atoms with Crippen LogP contribution in [0.3, 0.4) is 0 Å². The van der Waals surface area contributed by atoms with Crippen molar-refractivity contribution in [2.75, 3.05) is 18.4 Å². The van der Waals surface area contributed by atoms with Gasteiger partial charge in [-0.15, -0.1) is 0 Å². The topological polar surface area (TPSA) is 84.2 Å². The number of benzene rings is 1. The van der Waals surface area contributed by atoms with E-state index in [-0.39, 0.29) is 10.4 Å². The average Bonchev–Trinajstić information content (AvgIpc) is 3.24. The zero-order valence-electron chi connectivity index (χ0n) is 12.0. The van der Waals surface area contributed by atoms with Gasteiger partial charge in [-0.25, -0.2) is 13.1 Å². The molecule has 2 rings (SSSR count). The summed E-state index contributed by atoms with van der Waals surface area (Å²) in [5.41, 5.74) is 6.66. The summed E-state index contributed by atoms with van der Waals surface area (Å²) < 4.78 is 26.2. The number of sulfonamides is 1. The molecule has 0 amide bonds. The lowest BCUT2D eigenvalue weighted by atomic mass is 9.95. The third-order valence-corrected chi connectivity index (χ3v) is 5.39. The van der Waals surface area contributed by atoms with Crippen molar-refractivity contribution in [1.29, 1.82) is 0 Å². The van der Waals surface area contributed by atoms with Crippen molar-refractivity contribution < 1.29 is 8.42 Å². The number of hydrogen-bond donors (Lipinski definition) is 3. The van der Waals surface area contributed by atoms with E-state index in [1.807, 2.05) is 0 Å². The minimum atomic E-state index is -3.38. The molecule has 112 valence electrons. The highest BCUT2D eigenvalue weighted by molar-refractivity contribution is 7.89. The molecule has 1 atom stereocenters. The second-order valence-electron chi connectivity index (χ2n) is 5.55. The zero-order valence-corrected chi connectivity index (χ0v) is 12.8. The van der Waals surface area contributed by atoms with E-state index in [9.17, 15) is 8.42 Å². The van der Waals surface area contributed by atoms with Gasteiger partial charge in [0.1, 0.15) is 0 Å². The van der Waals surface area contributed by atoms with Gasteiger partial charge >= 0.3 is 0 Å². The molecule has 0 heterocycles. The molecule has 1 aromatic carbocycles. The average molecular weight is 297 g/mol. The molecule has 0 aliphatic heterocycles. The summed E-state index contributed by atoms with van der Waals surface area (Å²) in [7, 11) is -3.38. The third-order valence-electron chi connectivity index (χ3n) is 3.83. The fourth-order valence-electron chi connectivity index (χ4n) is 2.36. The first-order valence-electron chi connectivity index (χ1n) is 6.99. The fraction of sp³-hybridized carbons (Fsp3) is 0.571. The summed E-state index contributed by atoms with van der Waals surface area (Å²) in [4.78, 5) is 0.283. The molecule has 5 nitrogen and oxygen atoms in total. The van der Waals surface area contributed by atoms with Crippen molar-refractivity contribution in [2.45, 2.75) is 37.1 Å². The van der Waals surface area contributed by atoms with Crippen molar-refractivity contribution in [3.05, 3.63) is 24.3 Å². The maximum Gasteiger partial charge on any atom is 0.240 e. The van der Waals surface area contributed by atoms with E-state index in [2.05, 4.69) is 17.0 Å². The molecule has 1 aliphatic rings. The Hall–Kier alpha value is -1.11. The van der Waals surface area contributed by atoms with Gasteiger partial charge in [-0.1, -0.05) is 6.92 Å². The predicted molar refractivity (Wildman–Crippen MR) is 81.1 cm³/mol. The lowest BCUT2D eigenvalue weighted by Crippen LogP contribution is -2.44. The van der Waals surface area contributed by atoms with Gasteiger partial charge in [-0.3, -0.25) is 0 Å². The van der Waals surface area contributed by atoms with Crippen LogP contribution in [0, 0.1) is 5.92 Å². The van der Waals surface area contributed by atoms with Crippen molar-refractivity contribution in [2.24, 2.45) is 11.7 Å².